The van der Waals surface area contributed by atoms with Crippen LogP contribution >= 0.6 is 11.3 Å². The number of aliphatic imine (C=N–C) groups is 1. The maximum Gasteiger partial charge on any atom is 0.196 e. The lowest BCUT2D eigenvalue weighted by Crippen LogP contribution is -2.26. The van der Waals surface area contributed by atoms with Gasteiger partial charge in [0.2, 0.25) is 0 Å². The molecule has 2 aromatic rings. The fourth-order valence-electron chi connectivity index (χ4n) is 4.51. The molecule has 4 rings (SSSR count). The van der Waals surface area contributed by atoms with Crippen molar-refractivity contribution in [3.05, 3.63) is 33.9 Å². The van der Waals surface area contributed by atoms with E-state index in [1.165, 1.54) is 36.1 Å². The first-order valence-corrected chi connectivity index (χ1v) is 11.7. The van der Waals surface area contributed by atoms with Gasteiger partial charge in [0.05, 0.1) is 11.8 Å². The second kappa shape index (κ2) is 8.36. The summed E-state index contributed by atoms with van der Waals surface area (Å²) < 4.78 is 6.04. The second-order valence-corrected chi connectivity index (χ2v) is 10.5. The summed E-state index contributed by atoms with van der Waals surface area (Å²) >= 11 is 1.69. The topological polar surface area (TPSA) is 52.5 Å². The molecule has 2 aromatic heterocycles. The zero-order valence-corrected chi connectivity index (χ0v) is 18.6. The number of nitrogens with zero attached hydrogens (tertiary/aromatic N) is 3. The maximum atomic E-state index is 9.74. The van der Waals surface area contributed by atoms with Crippen molar-refractivity contribution in [3.63, 3.8) is 0 Å². The minimum Gasteiger partial charge on any atom is -0.440 e. The summed E-state index contributed by atoms with van der Waals surface area (Å²) in [6, 6.07) is 6.45. The standard InChI is InChI=1S/C24H31N3OS/c1-24(2,3)17-8-10-19-20(15-25)23(29-21(19)14-17)26-16-18-9-11-22(28-18)27-12-6-4-5-7-13-27/h9,11,16-17H,4-8,10,12-14H2,1-3H3/t17-/m0/s1. The SMILES string of the molecule is CC(C)(C)[C@H]1CCc2c(sc(N=Cc3ccc(N4CCCCCC4)o3)c2C#N)C1. The minimum atomic E-state index is 0.301. The lowest BCUT2D eigenvalue weighted by molar-refractivity contribution is 0.218. The molecular weight excluding hydrogens is 378 g/mol. The van der Waals surface area contributed by atoms with Gasteiger partial charge in [0.25, 0.3) is 0 Å². The highest BCUT2D eigenvalue weighted by Gasteiger charge is 2.32. The first kappa shape index (κ1) is 20.2. The van der Waals surface area contributed by atoms with Gasteiger partial charge < -0.3 is 9.32 Å². The van der Waals surface area contributed by atoms with Crippen LogP contribution < -0.4 is 4.90 Å². The molecule has 5 heteroatoms. The third-order valence-corrected chi connectivity index (χ3v) is 7.58. The van der Waals surface area contributed by atoms with Gasteiger partial charge in [0, 0.05) is 24.0 Å². The predicted octanol–water partition coefficient (Wildman–Crippen LogP) is 6.49. The summed E-state index contributed by atoms with van der Waals surface area (Å²) in [5.41, 5.74) is 2.30. The normalized spacial score (nSPS) is 20.5. The summed E-state index contributed by atoms with van der Waals surface area (Å²) in [6.45, 7) is 9.09. The van der Waals surface area contributed by atoms with E-state index < -0.39 is 0 Å². The van der Waals surface area contributed by atoms with Crippen molar-refractivity contribution in [1.29, 1.82) is 5.26 Å². The lowest BCUT2D eigenvalue weighted by atomic mass is 9.72. The van der Waals surface area contributed by atoms with Gasteiger partial charge in [-0.2, -0.15) is 5.26 Å². The van der Waals surface area contributed by atoms with E-state index in [-0.39, 0.29) is 0 Å². The molecule has 4 nitrogen and oxygen atoms in total. The summed E-state index contributed by atoms with van der Waals surface area (Å²) in [5.74, 6) is 2.36. The molecule has 0 N–H and O–H groups in total. The van der Waals surface area contributed by atoms with Crippen molar-refractivity contribution in [2.45, 2.75) is 65.7 Å². The Morgan fingerprint density at radius 3 is 2.66 bits per heavy atom. The van der Waals surface area contributed by atoms with Gasteiger partial charge in [-0.1, -0.05) is 33.6 Å². The number of rotatable bonds is 3. The Bertz CT molecular complexity index is 917. The molecule has 29 heavy (non-hydrogen) atoms. The molecule has 0 bridgehead atoms. The fourth-order valence-corrected chi connectivity index (χ4v) is 5.73. The number of hydrogen-bond acceptors (Lipinski definition) is 5. The molecule has 1 atom stereocenters. The molecular formula is C24H31N3OS. The molecule has 1 aliphatic carbocycles. The Morgan fingerprint density at radius 2 is 1.97 bits per heavy atom. The molecule has 154 valence electrons. The van der Waals surface area contributed by atoms with Crippen LogP contribution in [-0.4, -0.2) is 19.3 Å². The molecule has 0 spiro atoms. The fraction of sp³-hybridized carbons (Fsp3) is 0.583. The third kappa shape index (κ3) is 4.43. The second-order valence-electron chi connectivity index (χ2n) is 9.44. The molecule has 3 heterocycles. The summed E-state index contributed by atoms with van der Waals surface area (Å²) in [6.07, 6.45) is 10.1. The Morgan fingerprint density at radius 1 is 1.21 bits per heavy atom. The highest BCUT2D eigenvalue weighted by molar-refractivity contribution is 7.16. The molecule has 0 unspecified atom stereocenters. The van der Waals surface area contributed by atoms with Crippen molar-refractivity contribution < 1.29 is 4.42 Å². The molecule has 0 saturated carbocycles. The van der Waals surface area contributed by atoms with E-state index in [0.717, 1.165) is 54.6 Å². The van der Waals surface area contributed by atoms with Crippen LogP contribution in [0, 0.1) is 22.7 Å². The van der Waals surface area contributed by atoms with E-state index in [1.807, 2.05) is 12.1 Å². The average Bonchev–Trinajstić information content (AvgIpc) is 3.20. The van der Waals surface area contributed by atoms with Gasteiger partial charge in [-0.15, -0.1) is 11.3 Å². The van der Waals surface area contributed by atoms with E-state index in [1.54, 1.807) is 17.6 Å². The first-order valence-electron chi connectivity index (χ1n) is 10.9. The average molecular weight is 410 g/mol. The number of nitriles is 1. The summed E-state index contributed by atoms with van der Waals surface area (Å²) in [7, 11) is 0. The monoisotopic (exact) mass is 409 g/mol. The summed E-state index contributed by atoms with van der Waals surface area (Å²) in [4.78, 5) is 8.36. The predicted molar refractivity (Wildman–Crippen MR) is 121 cm³/mol. The van der Waals surface area contributed by atoms with Crippen LogP contribution in [0.25, 0.3) is 0 Å². The quantitative estimate of drug-likeness (QED) is 0.544. The minimum absolute atomic E-state index is 0.301. The molecule has 0 radical (unpaired) electrons. The van der Waals surface area contributed by atoms with Crippen LogP contribution in [0.15, 0.2) is 21.5 Å². The zero-order valence-electron chi connectivity index (χ0n) is 17.8. The van der Waals surface area contributed by atoms with Crippen LogP contribution in [0.5, 0.6) is 0 Å². The highest BCUT2D eigenvalue weighted by atomic mass is 32.1. The maximum absolute atomic E-state index is 9.74. The van der Waals surface area contributed by atoms with E-state index in [2.05, 4.69) is 36.7 Å². The van der Waals surface area contributed by atoms with E-state index in [0.29, 0.717) is 11.3 Å². The number of furan rings is 1. The van der Waals surface area contributed by atoms with Crippen LogP contribution in [0.1, 0.15) is 74.6 Å². The zero-order chi connectivity index (χ0) is 20.4. The Labute approximate surface area is 178 Å². The first-order chi connectivity index (χ1) is 14.0. The van der Waals surface area contributed by atoms with Crippen LogP contribution in [0.2, 0.25) is 0 Å². The van der Waals surface area contributed by atoms with Crippen LogP contribution in [0.3, 0.4) is 0 Å². The highest BCUT2D eigenvalue weighted by Crippen LogP contribution is 2.44. The Balaban J connectivity index is 1.52. The van der Waals surface area contributed by atoms with Gasteiger partial charge in [-0.25, -0.2) is 4.99 Å². The van der Waals surface area contributed by atoms with Gasteiger partial charge >= 0.3 is 0 Å². The smallest absolute Gasteiger partial charge is 0.196 e. The lowest BCUT2D eigenvalue weighted by Gasteiger charge is -2.33. The van der Waals surface area contributed by atoms with E-state index in [4.69, 9.17) is 4.42 Å². The van der Waals surface area contributed by atoms with Gasteiger partial charge in [0.15, 0.2) is 5.88 Å². The summed E-state index contributed by atoms with van der Waals surface area (Å²) in [5, 5.41) is 10.6. The van der Waals surface area contributed by atoms with Crippen molar-refractivity contribution in [2.75, 3.05) is 18.0 Å². The molecule has 2 aliphatic rings. The Hall–Kier alpha value is -2.06. The van der Waals surface area contributed by atoms with Crippen molar-refractivity contribution in [2.24, 2.45) is 16.3 Å². The number of hydrogen-bond donors (Lipinski definition) is 0. The van der Waals surface area contributed by atoms with Gasteiger partial charge in [0.1, 0.15) is 16.8 Å². The molecule has 1 saturated heterocycles. The van der Waals surface area contributed by atoms with E-state index in [9.17, 15) is 5.26 Å². The number of thiophene rings is 1. The van der Waals surface area contributed by atoms with Crippen molar-refractivity contribution in [3.8, 4) is 6.07 Å². The molecule has 0 amide bonds. The number of fused-ring (bicyclic) bond motifs is 1. The molecule has 0 aromatic carbocycles. The van der Waals surface area contributed by atoms with Gasteiger partial charge in [-0.05, 0) is 55.1 Å². The van der Waals surface area contributed by atoms with E-state index >= 15 is 0 Å². The molecule has 1 fully saturated rings. The van der Waals surface area contributed by atoms with Crippen LogP contribution in [-0.2, 0) is 12.8 Å². The van der Waals surface area contributed by atoms with Gasteiger partial charge in [-0.3, -0.25) is 0 Å². The molecule has 1 aliphatic heterocycles. The van der Waals surface area contributed by atoms with Crippen molar-refractivity contribution in [1.82, 2.24) is 0 Å². The largest absolute Gasteiger partial charge is 0.440 e. The Kier molecular flexibility index (Phi) is 5.83. The third-order valence-electron chi connectivity index (χ3n) is 6.42. The van der Waals surface area contributed by atoms with Crippen LogP contribution in [0.4, 0.5) is 10.9 Å². The van der Waals surface area contributed by atoms with Crippen molar-refractivity contribution >= 4 is 28.4 Å². The number of anilines is 1.